The van der Waals surface area contributed by atoms with Crippen LogP contribution in [0.25, 0.3) is 22.4 Å². The predicted octanol–water partition coefficient (Wildman–Crippen LogP) is 2.18. The van der Waals surface area contributed by atoms with Crippen molar-refractivity contribution in [3.63, 3.8) is 0 Å². The number of amides is 1. The SMILES string of the molecule is O=C(NCC(F)(F)F)C1(Nc2nc(-c3c[nH]c4ncncc34)ncc2F)CC1. The fourth-order valence-electron chi connectivity index (χ4n) is 2.74. The largest absolute Gasteiger partial charge is 0.405 e. The zero-order valence-corrected chi connectivity index (χ0v) is 14.1. The van der Waals surface area contributed by atoms with E-state index in [-0.39, 0.29) is 24.5 Å². The molecule has 3 aromatic heterocycles. The number of hydrogen-bond donors (Lipinski definition) is 3. The Bertz CT molecular complexity index is 1040. The minimum Gasteiger partial charge on any atom is -0.353 e. The smallest absolute Gasteiger partial charge is 0.353 e. The molecule has 0 aliphatic heterocycles. The Morgan fingerprint density at radius 1 is 1.25 bits per heavy atom. The van der Waals surface area contributed by atoms with Crippen molar-refractivity contribution in [1.29, 1.82) is 0 Å². The lowest BCUT2D eigenvalue weighted by atomic mass is 10.2. The normalized spacial score (nSPS) is 15.4. The second-order valence-corrected chi connectivity index (χ2v) is 6.38. The zero-order chi connectivity index (χ0) is 19.9. The summed E-state index contributed by atoms with van der Waals surface area (Å²) in [4.78, 5) is 31.0. The highest BCUT2D eigenvalue weighted by Crippen LogP contribution is 2.40. The maximum absolute atomic E-state index is 14.2. The van der Waals surface area contributed by atoms with Gasteiger partial charge in [0.05, 0.1) is 6.20 Å². The Labute approximate surface area is 154 Å². The maximum Gasteiger partial charge on any atom is 0.405 e. The number of alkyl halides is 3. The van der Waals surface area contributed by atoms with Gasteiger partial charge in [0.2, 0.25) is 5.91 Å². The molecular formula is C16H13F4N7O. The molecule has 0 unspecified atom stereocenters. The standard InChI is InChI=1S/C16H13F4N7O/c17-10-5-23-12(9-4-22-11-8(9)3-21-7-25-11)26-13(10)27-15(1-2-15)14(28)24-6-16(18,19)20/h3-5,7H,1-2,6H2,(H,24,28)(H,21,22,25)(H,23,26,27). The van der Waals surface area contributed by atoms with Crippen molar-refractivity contribution in [2.45, 2.75) is 24.6 Å². The molecule has 4 rings (SSSR count). The monoisotopic (exact) mass is 395 g/mol. The third kappa shape index (κ3) is 3.44. The van der Waals surface area contributed by atoms with E-state index in [4.69, 9.17) is 0 Å². The van der Waals surface area contributed by atoms with E-state index >= 15 is 0 Å². The molecule has 28 heavy (non-hydrogen) atoms. The molecule has 0 spiro atoms. The van der Waals surface area contributed by atoms with Gasteiger partial charge in [0.25, 0.3) is 0 Å². The number of nitrogens with zero attached hydrogens (tertiary/aromatic N) is 4. The molecule has 1 fully saturated rings. The maximum atomic E-state index is 14.2. The summed E-state index contributed by atoms with van der Waals surface area (Å²) in [7, 11) is 0. The van der Waals surface area contributed by atoms with Crippen molar-refractivity contribution in [3.05, 3.63) is 30.7 Å². The van der Waals surface area contributed by atoms with Crippen LogP contribution in [0.1, 0.15) is 12.8 Å². The minimum atomic E-state index is -4.53. The van der Waals surface area contributed by atoms with Crippen LogP contribution in [0.5, 0.6) is 0 Å². The molecule has 0 atom stereocenters. The summed E-state index contributed by atoms with van der Waals surface area (Å²) >= 11 is 0. The zero-order valence-electron chi connectivity index (χ0n) is 14.1. The summed E-state index contributed by atoms with van der Waals surface area (Å²) in [5.74, 6) is -1.80. The van der Waals surface area contributed by atoms with E-state index in [1.807, 2.05) is 5.32 Å². The van der Waals surface area contributed by atoms with Gasteiger partial charge < -0.3 is 15.6 Å². The molecule has 8 nitrogen and oxygen atoms in total. The van der Waals surface area contributed by atoms with Crippen molar-refractivity contribution in [2.24, 2.45) is 0 Å². The molecule has 1 aliphatic carbocycles. The topological polar surface area (TPSA) is 108 Å². The fourth-order valence-corrected chi connectivity index (χ4v) is 2.74. The van der Waals surface area contributed by atoms with E-state index in [2.05, 4.69) is 30.2 Å². The Hall–Kier alpha value is -3.31. The number of nitrogens with one attached hydrogen (secondary N) is 3. The molecule has 0 radical (unpaired) electrons. The summed E-state index contributed by atoms with van der Waals surface area (Å²) in [6.45, 7) is -1.46. The number of hydrogen-bond acceptors (Lipinski definition) is 6. The molecule has 3 aromatic rings. The number of H-pyrrole nitrogens is 1. The average molecular weight is 395 g/mol. The van der Waals surface area contributed by atoms with Crippen LogP contribution in [0.2, 0.25) is 0 Å². The Morgan fingerprint density at radius 2 is 2.04 bits per heavy atom. The summed E-state index contributed by atoms with van der Waals surface area (Å²) in [6.07, 6.45) is 1.40. The molecule has 0 saturated heterocycles. The molecule has 3 N–H and O–H groups in total. The highest BCUT2D eigenvalue weighted by molar-refractivity contribution is 5.93. The van der Waals surface area contributed by atoms with E-state index in [0.29, 0.717) is 16.6 Å². The first-order valence-electron chi connectivity index (χ1n) is 8.21. The van der Waals surface area contributed by atoms with Gasteiger partial charge in [0.15, 0.2) is 17.5 Å². The number of aromatic nitrogens is 5. The number of anilines is 1. The van der Waals surface area contributed by atoms with Gasteiger partial charge in [-0.25, -0.2) is 24.3 Å². The van der Waals surface area contributed by atoms with E-state index < -0.39 is 30.0 Å². The van der Waals surface area contributed by atoms with Crippen LogP contribution < -0.4 is 10.6 Å². The highest BCUT2D eigenvalue weighted by atomic mass is 19.4. The van der Waals surface area contributed by atoms with E-state index in [1.165, 1.54) is 6.33 Å². The van der Waals surface area contributed by atoms with Crippen LogP contribution in [0.3, 0.4) is 0 Å². The number of rotatable bonds is 5. The van der Waals surface area contributed by atoms with Gasteiger partial charge in [0, 0.05) is 23.3 Å². The highest BCUT2D eigenvalue weighted by Gasteiger charge is 2.51. The Kier molecular flexibility index (Phi) is 4.12. The van der Waals surface area contributed by atoms with Gasteiger partial charge in [-0.3, -0.25) is 4.79 Å². The molecule has 1 amide bonds. The summed E-state index contributed by atoms with van der Waals surface area (Å²) in [5, 5.41) is 5.07. The van der Waals surface area contributed by atoms with Gasteiger partial charge in [-0.05, 0) is 12.8 Å². The van der Waals surface area contributed by atoms with E-state index in [0.717, 1.165) is 6.20 Å². The van der Waals surface area contributed by atoms with Crippen LogP contribution in [0.4, 0.5) is 23.4 Å². The number of carbonyl (C=O) groups is 1. The van der Waals surface area contributed by atoms with Crippen molar-refractivity contribution in [1.82, 2.24) is 30.2 Å². The van der Waals surface area contributed by atoms with Crippen LogP contribution in [0.15, 0.2) is 24.9 Å². The third-order valence-corrected chi connectivity index (χ3v) is 4.33. The van der Waals surface area contributed by atoms with Crippen molar-refractivity contribution in [3.8, 4) is 11.4 Å². The molecular weight excluding hydrogens is 382 g/mol. The number of halogens is 4. The molecule has 0 aromatic carbocycles. The quantitative estimate of drug-likeness (QED) is 0.572. The molecule has 146 valence electrons. The Balaban J connectivity index is 1.59. The van der Waals surface area contributed by atoms with Gasteiger partial charge >= 0.3 is 6.18 Å². The molecule has 1 aliphatic rings. The molecule has 3 heterocycles. The van der Waals surface area contributed by atoms with Gasteiger partial charge in [-0.1, -0.05) is 0 Å². The first kappa shape index (κ1) is 18.1. The van der Waals surface area contributed by atoms with Crippen LogP contribution >= 0.6 is 0 Å². The lowest BCUT2D eigenvalue weighted by Gasteiger charge is -2.19. The van der Waals surface area contributed by atoms with Crippen molar-refractivity contribution >= 4 is 22.8 Å². The Morgan fingerprint density at radius 3 is 2.75 bits per heavy atom. The second-order valence-electron chi connectivity index (χ2n) is 6.38. The van der Waals surface area contributed by atoms with Crippen LogP contribution in [-0.4, -0.2) is 49.1 Å². The lowest BCUT2D eigenvalue weighted by molar-refractivity contribution is -0.139. The minimum absolute atomic E-state index is 0.149. The summed E-state index contributed by atoms with van der Waals surface area (Å²) in [6, 6.07) is 0. The van der Waals surface area contributed by atoms with Crippen molar-refractivity contribution in [2.75, 3.05) is 11.9 Å². The van der Waals surface area contributed by atoms with Gasteiger partial charge in [0.1, 0.15) is 24.1 Å². The van der Waals surface area contributed by atoms with Gasteiger partial charge in [-0.15, -0.1) is 0 Å². The van der Waals surface area contributed by atoms with Crippen LogP contribution in [0, 0.1) is 5.82 Å². The lowest BCUT2D eigenvalue weighted by Crippen LogP contribution is -2.45. The molecule has 0 bridgehead atoms. The fraction of sp³-hybridized carbons (Fsp3) is 0.312. The molecule has 12 heteroatoms. The first-order valence-corrected chi connectivity index (χ1v) is 8.21. The van der Waals surface area contributed by atoms with Crippen molar-refractivity contribution < 1.29 is 22.4 Å². The van der Waals surface area contributed by atoms with E-state index in [1.54, 1.807) is 12.4 Å². The number of fused-ring (bicyclic) bond motifs is 1. The average Bonchev–Trinajstić information content (AvgIpc) is 3.31. The predicted molar refractivity (Wildman–Crippen MR) is 89.5 cm³/mol. The third-order valence-electron chi connectivity index (χ3n) is 4.33. The molecule has 1 saturated carbocycles. The summed E-state index contributed by atoms with van der Waals surface area (Å²) in [5.41, 5.74) is -0.260. The first-order chi connectivity index (χ1) is 13.3. The number of aromatic amines is 1. The van der Waals surface area contributed by atoms with Crippen LogP contribution in [-0.2, 0) is 4.79 Å². The second kappa shape index (κ2) is 6.39. The van der Waals surface area contributed by atoms with Gasteiger partial charge in [-0.2, -0.15) is 13.2 Å². The summed E-state index contributed by atoms with van der Waals surface area (Å²) < 4.78 is 51.2. The number of carbonyl (C=O) groups excluding carboxylic acids is 1. The van der Waals surface area contributed by atoms with E-state index in [9.17, 15) is 22.4 Å².